The Kier molecular flexibility index (Phi) is 4.02. The Morgan fingerprint density at radius 2 is 2.31 bits per heavy atom. The van der Waals surface area contributed by atoms with Gasteiger partial charge in [-0.2, -0.15) is 4.31 Å². The van der Waals surface area contributed by atoms with Crippen molar-refractivity contribution in [2.75, 3.05) is 20.1 Å². The van der Waals surface area contributed by atoms with Crippen molar-refractivity contribution in [3.05, 3.63) is 12.5 Å². The van der Waals surface area contributed by atoms with Gasteiger partial charge in [0.15, 0.2) is 5.03 Å². The van der Waals surface area contributed by atoms with E-state index in [2.05, 4.69) is 15.3 Å². The third-order valence-electron chi connectivity index (χ3n) is 2.04. The number of likely N-dealkylation sites (N-methyl/N-ethyl adjacent to an activating group) is 2. The molecule has 2 N–H and O–H groups in total. The molecule has 7 nitrogen and oxygen atoms in total. The zero-order chi connectivity index (χ0) is 12.2. The van der Waals surface area contributed by atoms with Gasteiger partial charge in [0.25, 0.3) is 10.0 Å². The maximum atomic E-state index is 12.0. The number of carbonyl (C=O) groups is 1. The Morgan fingerprint density at radius 1 is 1.62 bits per heavy atom. The van der Waals surface area contributed by atoms with Gasteiger partial charge >= 0.3 is 0 Å². The van der Waals surface area contributed by atoms with Gasteiger partial charge in [0, 0.05) is 13.6 Å². The predicted molar refractivity (Wildman–Crippen MR) is 57.1 cm³/mol. The van der Waals surface area contributed by atoms with Gasteiger partial charge in [-0.25, -0.2) is 13.4 Å². The molecule has 0 aromatic carbocycles. The number of imidazole rings is 1. The lowest BCUT2D eigenvalue weighted by molar-refractivity contribution is -0.120. The molecule has 0 unspecified atom stereocenters. The number of nitrogens with zero attached hydrogens (tertiary/aromatic N) is 2. The number of hydrogen-bond acceptors (Lipinski definition) is 4. The van der Waals surface area contributed by atoms with Crippen LogP contribution in [0.1, 0.15) is 6.92 Å². The molecule has 1 aromatic heterocycles. The third-order valence-corrected chi connectivity index (χ3v) is 3.89. The van der Waals surface area contributed by atoms with Crippen molar-refractivity contribution >= 4 is 15.9 Å². The smallest absolute Gasteiger partial charge is 0.260 e. The van der Waals surface area contributed by atoms with Gasteiger partial charge in [-0.15, -0.1) is 0 Å². The van der Waals surface area contributed by atoms with Crippen molar-refractivity contribution in [2.45, 2.75) is 11.9 Å². The van der Waals surface area contributed by atoms with E-state index in [1.54, 1.807) is 6.92 Å². The summed E-state index contributed by atoms with van der Waals surface area (Å²) in [5.41, 5.74) is 0. The van der Waals surface area contributed by atoms with Crippen LogP contribution >= 0.6 is 0 Å². The molecule has 0 aliphatic rings. The maximum absolute atomic E-state index is 12.0. The van der Waals surface area contributed by atoms with Crippen molar-refractivity contribution in [1.82, 2.24) is 19.6 Å². The second-order valence-electron chi connectivity index (χ2n) is 3.02. The van der Waals surface area contributed by atoms with E-state index in [0.29, 0.717) is 0 Å². The van der Waals surface area contributed by atoms with Crippen molar-refractivity contribution < 1.29 is 13.2 Å². The van der Waals surface area contributed by atoms with Gasteiger partial charge in [-0.05, 0) is 0 Å². The van der Waals surface area contributed by atoms with Crippen LogP contribution in [0.25, 0.3) is 0 Å². The Morgan fingerprint density at radius 3 is 2.75 bits per heavy atom. The molecule has 0 atom stereocenters. The molecule has 1 amide bonds. The van der Waals surface area contributed by atoms with Gasteiger partial charge in [0.2, 0.25) is 5.91 Å². The lowest BCUT2D eigenvalue weighted by Gasteiger charge is -2.18. The first-order valence-electron chi connectivity index (χ1n) is 4.71. The van der Waals surface area contributed by atoms with Gasteiger partial charge < -0.3 is 10.3 Å². The fraction of sp³-hybridized carbons (Fsp3) is 0.500. The average molecular weight is 246 g/mol. The molecule has 0 saturated carbocycles. The Balaban J connectivity index is 2.92. The van der Waals surface area contributed by atoms with Gasteiger partial charge in [-0.1, -0.05) is 6.92 Å². The van der Waals surface area contributed by atoms with E-state index < -0.39 is 10.0 Å². The highest BCUT2D eigenvalue weighted by atomic mass is 32.2. The summed E-state index contributed by atoms with van der Waals surface area (Å²) in [5, 5.41) is 2.36. The number of carbonyl (C=O) groups excluding carboxylic acids is 1. The van der Waals surface area contributed by atoms with Crippen LogP contribution in [-0.4, -0.2) is 48.7 Å². The zero-order valence-corrected chi connectivity index (χ0v) is 9.91. The number of H-pyrrole nitrogens is 1. The van der Waals surface area contributed by atoms with Crippen molar-refractivity contribution in [3.8, 4) is 0 Å². The molecule has 0 saturated heterocycles. The molecule has 16 heavy (non-hydrogen) atoms. The predicted octanol–water partition coefficient (Wildman–Crippen LogP) is -0.834. The van der Waals surface area contributed by atoms with Crippen molar-refractivity contribution in [2.24, 2.45) is 0 Å². The summed E-state index contributed by atoms with van der Waals surface area (Å²) in [7, 11) is -2.20. The first kappa shape index (κ1) is 12.7. The molecule has 1 aromatic rings. The number of sulfonamides is 1. The SMILES string of the molecule is CCN(CC(=O)NC)S(=O)(=O)c1cnc[nH]1. The summed E-state index contributed by atoms with van der Waals surface area (Å²) >= 11 is 0. The Labute approximate surface area is 93.9 Å². The normalized spacial score (nSPS) is 11.7. The quantitative estimate of drug-likeness (QED) is 0.708. The zero-order valence-electron chi connectivity index (χ0n) is 9.10. The molecular weight excluding hydrogens is 232 g/mol. The van der Waals surface area contributed by atoms with Crippen LogP contribution in [0.15, 0.2) is 17.6 Å². The number of amides is 1. The molecule has 0 fully saturated rings. The minimum absolute atomic E-state index is 0.0155. The molecule has 1 heterocycles. The number of rotatable bonds is 5. The molecule has 0 bridgehead atoms. The van der Waals surface area contributed by atoms with E-state index in [1.165, 1.54) is 19.6 Å². The van der Waals surface area contributed by atoms with Crippen LogP contribution in [0.3, 0.4) is 0 Å². The van der Waals surface area contributed by atoms with Crippen LogP contribution in [0, 0.1) is 0 Å². The van der Waals surface area contributed by atoms with Crippen molar-refractivity contribution in [1.29, 1.82) is 0 Å². The van der Waals surface area contributed by atoms with E-state index in [0.717, 1.165) is 4.31 Å². The highest BCUT2D eigenvalue weighted by molar-refractivity contribution is 7.89. The van der Waals surface area contributed by atoms with E-state index in [4.69, 9.17) is 0 Å². The molecule has 0 aliphatic carbocycles. The van der Waals surface area contributed by atoms with E-state index in [9.17, 15) is 13.2 Å². The van der Waals surface area contributed by atoms with Crippen LogP contribution in [0.5, 0.6) is 0 Å². The topological polar surface area (TPSA) is 95.2 Å². The minimum Gasteiger partial charge on any atom is -0.358 e. The Hall–Kier alpha value is -1.41. The van der Waals surface area contributed by atoms with E-state index in [-0.39, 0.29) is 24.0 Å². The highest BCUT2D eigenvalue weighted by Gasteiger charge is 2.25. The first-order valence-corrected chi connectivity index (χ1v) is 6.15. The minimum atomic E-state index is -3.66. The lowest BCUT2D eigenvalue weighted by Crippen LogP contribution is -2.39. The van der Waals surface area contributed by atoms with Crippen LogP contribution in [0.4, 0.5) is 0 Å². The monoisotopic (exact) mass is 246 g/mol. The van der Waals surface area contributed by atoms with Gasteiger partial charge in [0.05, 0.1) is 19.1 Å². The highest BCUT2D eigenvalue weighted by Crippen LogP contribution is 2.10. The molecule has 1 rings (SSSR count). The summed E-state index contributed by atoms with van der Waals surface area (Å²) in [6.45, 7) is 1.68. The fourth-order valence-corrected chi connectivity index (χ4v) is 2.43. The summed E-state index contributed by atoms with van der Waals surface area (Å²) in [4.78, 5) is 17.3. The number of hydrogen-bond donors (Lipinski definition) is 2. The third kappa shape index (κ3) is 2.58. The number of aromatic amines is 1. The van der Waals surface area contributed by atoms with E-state index >= 15 is 0 Å². The molecule has 0 radical (unpaired) electrons. The van der Waals surface area contributed by atoms with Crippen LogP contribution < -0.4 is 5.32 Å². The van der Waals surface area contributed by atoms with Gasteiger partial charge in [-0.3, -0.25) is 4.79 Å². The average Bonchev–Trinajstić information content (AvgIpc) is 2.78. The molecule has 90 valence electrons. The number of aromatic nitrogens is 2. The number of nitrogens with one attached hydrogen (secondary N) is 2. The lowest BCUT2D eigenvalue weighted by atomic mass is 10.5. The first-order chi connectivity index (χ1) is 7.52. The second-order valence-corrected chi connectivity index (χ2v) is 4.93. The largest absolute Gasteiger partial charge is 0.358 e. The maximum Gasteiger partial charge on any atom is 0.260 e. The fourth-order valence-electron chi connectivity index (χ4n) is 1.13. The van der Waals surface area contributed by atoms with Crippen molar-refractivity contribution in [3.63, 3.8) is 0 Å². The Bertz CT molecular complexity index is 440. The van der Waals surface area contributed by atoms with Crippen LogP contribution in [-0.2, 0) is 14.8 Å². The standard InChI is InChI=1S/C8H14N4O3S/c1-3-12(5-7(13)9-2)16(14,15)8-4-10-6-11-8/h4,6H,3,5H2,1-2H3,(H,9,13)(H,10,11). The summed E-state index contributed by atoms with van der Waals surface area (Å²) in [6, 6.07) is 0. The second kappa shape index (κ2) is 5.08. The van der Waals surface area contributed by atoms with E-state index in [1.807, 2.05) is 0 Å². The van der Waals surface area contributed by atoms with Crippen LogP contribution in [0.2, 0.25) is 0 Å². The molecule has 0 aliphatic heterocycles. The molecule has 0 spiro atoms. The summed E-state index contributed by atoms with van der Waals surface area (Å²) < 4.78 is 25.0. The summed E-state index contributed by atoms with van der Waals surface area (Å²) in [6.07, 6.45) is 2.49. The molecular formula is C8H14N4O3S. The summed E-state index contributed by atoms with van der Waals surface area (Å²) in [5.74, 6) is -0.357. The van der Waals surface area contributed by atoms with Gasteiger partial charge in [0.1, 0.15) is 0 Å². The molecule has 8 heteroatoms.